The summed E-state index contributed by atoms with van der Waals surface area (Å²) in [4.78, 5) is 4.64. The fraction of sp³-hybridized carbons (Fsp3) is 0.625. The van der Waals surface area contributed by atoms with Crippen LogP contribution in [0.15, 0.2) is 18.2 Å². The van der Waals surface area contributed by atoms with Crippen LogP contribution in [-0.2, 0) is 13.1 Å². The van der Waals surface area contributed by atoms with Crippen molar-refractivity contribution < 1.29 is 4.39 Å². The molecule has 1 atom stereocenters. The first-order chi connectivity index (χ1) is 9.60. The second-order valence-corrected chi connectivity index (χ2v) is 5.98. The number of likely N-dealkylation sites (N-methyl/N-ethyl adjacent to an activating group) is 1. The SMILES string of the molecule is CNCc1ccc(F)c(CN2CCCC2CN(C)C)c1. The van der Waals surface area contributed by atoms with Gasteiger partial charge in [-0.1, -0.05) is 12.1 Å². The van der Waals surface area contributed by atoms with Gasteiger partial charge in [0.1, 0.15) is 5.82 Å². The lowest BCUT2D eigenvalue weighted by Gasteiger charge is -2.27. The molecule has 0 saturated carbocycles. The maximum atomic E-state index is 14.0. The van der Waals surface area contributed by atoms with Crippen LogP contribution in [0.4, 0.5) is 4.39 Å². The van der Waals surface area contributed by atoms with E-state index in [4.69, 9.17) is 0 Å². The van der Waals surface area contributed by atoms with Crippen LogP contribution in [0, 0.1) is 5.82 Å². The Morgan fingerprint density at radius 3 is 2.90 bits per heavy atom. The number of hydrogen-bond acceptors (Lipinski definition) is 3. The fourth-order valence-corrected chi connectivity index (χ4v) is 3.01. The van der Waals surface area contributed by atoms with Crippen LogP contribution < -0.4 is 5.32 Å². The molecule has 0 spiro atoms. The molecule has 112 valence electrons. The summed E-state index contributed by atoms with van der Waals surface area (Å²) in [6.07, 6.45) is 2.44. The molecule has 1 aliphatic heterocycles. The smallest absolute Gasteiger partial charge is 0.127 e. The first-order valence-corrected chi connectivity index (χ1v) is 7.41. The maximum Gasteiger partial charge on any atom is 0.127 e. The van der Waals surface area contributed by atoms with Gasteiger partial charge in [-0.3, -0.25) is 4.90 Å². The number of nitrogens with zero attached hydrogens (tertiary/aromatic N) is 2. The lowest BCUT2D eigenvalue weighted by atomic mass is 10.1. The third kappa shape index (κ3) is 4.01. The number of halogens is 1. The molecule has 20 heavy (non-hydrogen) atoms. The van der Waals surface area contributed by atoms with Crippen LogP contribution in [0.3, 0.4) is 0 Å². The van der Waals surface area contributed by atoms with Crippen molar-refractivity contribution in [2.45, 2.75) is 32.0 Å². The minimum Gasteiger partial charge on any atom is -0.316 e. The number of benzene rings is 1. The normalized spacial score (nSPS) is 19.9. The van der Waals surface area contributed by atoms with Crippen LogP contribution in [0.2, 0.25) is 0 Å². The highest BCUT2D eigenvalue weighted by Crippen LogP contribution is 2.22. The molecule has 0 aromatic heterocycles. The third-order valence-corrected chi connectivity index (χ3v) is 3.94. The molecule has 1 aromatic rings. The Labute approximate surface area is 121 Å². The van der Waals surface area contributed by atoms with Gasteiger partial charge in [-0.2, -0.15) is 0 Å². The molecule has 1 aromatic carbocycles. The predicted molar refractivity (Wildman–Crippen MR) is 81.1 cm³/mol. The summed E-state index contributed by atoms with van der Waals surface area (Å²) in [5, 5.41) is 3.12. The number of hydrogen-bond donors (Lipinski definition) is 1. The molecule has 1 unspecified atom stereocenters. The molecule has 0 bridgehead atoms. The first kappa shape index (κ1) is 15.4. The Morgan fingerprint density at radius 1 is 1.40 bits per heavy atom. The van der Waals surface area contributed by atoms with Crippen molar-refractivity contribution in [3.63, 3.8) is 0 Å². The van der Waals surface area contributed by atoms with E-state index < -0.39 is 0 Å². The zero-order valence-electron chi connectivity index (χ0n) is 12.8. The molecule has 1 fully saturated rings. The van der Waals surface area contributed by atoms with Gasteiger partial charge in [-0.15, -0.1) is 0 Å². The van der Waals surface area contributed by atoms with Crippen LogP contribution >= 0.6 is 0 Å². The average molecular weight is 279 g/mol. The van der Waals surface area contributed by atoms with Gasteiger partial charge >= 0.3 is 0 Å². The highest BCUT2D eigenvalue weighted by Gasteiger charge is 2.25. The molecular formula is C16H26FN3. The number of rotatable bonds is 6. The van der Waals surface area contributed by atoms with Crippen LogP contribution in [0.1, 0.15) is 24.0 Å². The lowest BCUT2D eigenvalue weighted by molar-refractivity contribution is 0.199. The van der Waals surface area contributed by atoms with Crippen LogP contribution in [0.25, 0.3) is 0 Å². The standard InChI is InChI=1S/C16H26FN3/c1-18-10-13-6-7-16(17)14(9-13)11-20-8-4-5-15(20)12-19(2)3/h6-7,9,15,18H,4-5,8,10-12H2,1-3H3. The average Bonchev–Trinajstić information content (AvgIpc) is 2.80. The molecule has 3 nitrogen and oxygen atoms in total. The number of likely N-dealkylation sites (tertiary alicyclic amines) is 1. The third-order valence-electron chi connectivity index (χ3n) is 3.94. The van der Waals surface area contributed by atoms with Gasteiger partial charge in [0.15, 0.2) is 0 Å². The second-order valence-electron chi connectivity index (χ2n) is 5.98. The van der Waals surface area contributed by atoms with E-state index in [1.807, 2.05) is 19.2 Å². The van der Waals surface area contributed by atoms with Crippen LogP contribution in [0.5, 0.6) is 0 Å². The number of nitrogens with one attached hydrogen (secondary N) is 1. The minimum atomic E-state index is -0.0830. The molecule has 1 saturated heterocycles. The zero-order valence-corrected chi connectivity index (χ0v) is 12.8. The molecule has 0 amide bonds. The van der Waals surface area contributed by atoms with Crippen molar-refractivity contribution in [2.24, 2.45) is 0 Å². The summed E-state index contributed by atoms with van der Waals surface area (Å²) in [5.74, 6) is -0.0830. The van der Waals surface area contributed by atoms with Crippen molar-refractivity contribution in [1.82, 2.24) is 15.1 Å². The molecular weight excluding hydrogens is 253 g/mol. The molecule has 0 radical (unpaired) electrons. The highest BCUT2D eigenvalue weighted by atomic mass is 19.1. The Kier molecular flexibility index (Phi) is 5.52. The van der Waals surface area contributed by atoms with Crippen molar-refractivity contribution in [2.75, 3.05) is 34.2 Å². The second kappa shape index (κ2) is 7.16. The Morgan fingerprint density at radius 2 is 2.20 bits per heavy atom. The Bertz CT molecular complexity index is 434. The molecule has 4 heteroatoms. The molecule has 1 heterocycles. The van der Waals surface area contributed by atoms with Gasteiger partial charge in [-0.25, -0.2) is 4.39 Å². The van der Waals surface area contributed by atoms with E-state index in [-0.39, 0.29) is 5.82 Å². The van der Waals surface area contributed by atoms with E-state index in [1.165, 1.54) is 12.8 Å². The van der Waals surface area contributed by atoms with Crippen molar-refractivity contribution >= 4 is 0 Å². The Balaban J connectivity index is 2.06. The molecule has 2 rings (SSSR count). The van der Waals surface area contributed by atoms with Crippen molar-refractivity contribution in [3.05, 3.63) is 35.1 Å². The van der Waals surface area contributed by atoms with E-state index >= 15 is 0 Å². The van der Waals surface area contributed by atoms with Crippen LogP contribution in [-0.4, -0.2) is 50.1 Å². The van der Waals surface area contributed by atoms with E-state index in [0.717, 1.165) is 37.3 Å². The maximum absolute atomic E-state index is 14.0. The summed E-state index contributed by atoms with van der Waals surface area (Å²) < 4.78 is 14.0. The predicted octanol–water partition coefficient (Wildman–Crippen LogP) is 2.07. The summed E-state index contributed by atoms with van der Waals surface area (Å²) in [6, 6.07) is 6.00. The minimum absolute atomic E-state index is 0.0830. The lowest BCUT2D eigenvalue weighted by Crippen LogP contribution is -2.37. The first-order valence-electron chi connectivity index (χ1n) is 7.41. The summed E-state index contributed by atoms with van der Waals surface area (Å²) >= 11 is 0. The van der Waals surface area contributed by atoms with Gasteiger partial charge in [0.25, 0.3) is 0 Å². The highest BCUT2D eigenvalue weighted by molar-refractivity contribution is 5.25. The summed E-state index contributed by atoms with van der Waals surface area (Å²) in [7, 11) is 6.12. The van der Waals surface area contributed by atoms with Crippen molar-refractivity contribution in [3.8, 4) is 0 Å². The molecule has 1 N–H and O–H groups in total. The summed E-state index contributed by atoms with van der Waals surface area (Å²) in [6.45, 7) is 3.64. The van der Waals surface area contributed by atoms with Gasteiger partial charge in [-0.05, 0) is 52.2 Å². The quantitative estimate of drug-likeness (QED) is 0.860. The molecule has 1 aliphatic rings. The largest absolute Gasteiger partial charge is 0.316 e. The van der Waals surface area contributed by atoms with Crippen molar-refractivity contribution in [1.29, 1.82) is 0 Å². The van der Waals surface area contributed by atoms with Gasteiger partial charge in [0, 0.05) is 31.2 Å². The van der Waals surface area contributed by atoms with E-state index in [0.29, 0.717) is 6.04 Å². The zero-order chi connectivity index (χ0) is 14.5. The Hall–Kier alpha value is -0.970. The topological polar surface area (TPSA) is 18.5 Å². The van der Waals surface area contributed by atoms with E-state index in [9.17, 15) is 4.39 Å². The molecule has 0 aliphatic carbocycles. The van der Waals surface area contributed by atoms with Gasteiger partial charge in [0.05, 0.1) is 0 Å². The van der Waals surface area contributed by atoms with E-state index in [2.05, 4.69) is 29.2 Å². The van der Waals surface area contributed by atoms with Gasteiger partial charge < -0.3 is 10.2 Å². The van der Waals surface area contributed by atoms with Gasteiger partial charge in [0.2, 0.25) is 0 Å². The summed E-state index contributed by atoms with van der Waals surface area (Å²) in [5.41, 5.74) is 1.97. The monoisotopic (exact) mass is 279 g/mol. The fourth-order valence-electron chi connectivity index (χ4n) is 3.01. The van der Waals surface area contributed by atoms with E-state index in [1.54, 1.807) is 6.07 Å².